The van der Waals surface area contributed by atoms with Crippen molar-refractivity contribution in [3.63, 3.8) is 0 Å². The average Bonchev–Trinajstić information content (AvgIpc) is 3.29. The molecule has 0 saturated heterocycles. The fourth-order valence-electron chi connectivity index (χ4n) is 5.73. The highest BCUT2D eigenvalue weighted by atomic mass is 16.5. The number of nitrogens with one attached hydrogen (secondary N) is 1. The van der Waals surface area contributed by atoms with E-state index in [4.69, 9.17) is 15.2 Å². The molecule has 2 bridgehead atoms. The lowest BCUT2D eigenvalue weighted by molar-refractivity contribution is 0.0815. The summed E-state index contributed by atoms with van der Waals surface area (Å²) in [7, 11) is 3.66. The van der Waals surface area contributed by atoms with Crippen molar-refractivity contribution in [2.24, 2.45) is 29.4 Å². The molecule has 3 fully saturated rings. The maximum atomic E-state index is 6.53. The predicted molar refractivity (Wildman–Crippen MR) is 95.3 cm³/mol. The van der Waals surface area contributed by atoms with Crippen LogP contribution in [-0.2, 0) is 0 Å². The van der Waals surface area contributed by atoms with Crippen molar-refractivity contribution >= 4 is 0 Å². The summed E-state index contributed by atoms with van der Waals surface area (Å²) in [6, 6.07) is 6.35. The van der Waals surface area contributed by atoms with Gasteiger partial charge in [0.1, 0.15) is 6.10 Å². The molecule has 1 aromatic rings. The second-order valence-electron chi connectivity index (χ2n) is 7.80. The van der Waals surface area contributed by atoms with Crippen LogP contribution in [0.15, 0.2) is 18.2 Å². The summed E-state index contributed by atoms with van der Waals surface area (Å²) in [6.07, 6.45) is 7.27. The smallest absolute Gasteiger partial charge is 0.161 e. The molecule has 0 radical (unpaired) electrons. The highest BCUT2D eigenvalue weighted by Gasteiger charge is 2.54. The van der Waals surface area contributed by atoms with E-state index in [-0.39, 0.29) is 6.04 Å². The minimum atomic E-state index is 0.150. The van der Waals surface area contributed by atoms with Gasteiger partial charge in [-0.3, -0.25) is 0 Å². The zero-order valence-electron chi connectivity index (χ0n) is 14.8. The summed E-state index contributed by atoms with van der Waals surface area (Å²) in [6.45, 7) is 0.570. The fourth-order valence-corrected chi connectivity index (χ4v) is 5.73. The lowest BCUT2D eigenvalue weighted by atomic mass is 9.80. The van der Waals surface area contributed by atoms with Gasteiger partial charge < -0.3 is 20.5 Å². The number of benzene rings is 1. The fraction of sp³-hybridized carbons (Fsp3) is 0.700. The van der Waals surface area contributed by atoms with Crippen molar-refractivity contribution < 1.29 is 9.47 Å². The van der Waals surface area contributed by atoms with Crippen molar-refractivity contribution in [1.82, 2.24) is 5.32 Å². The Morgan fingerprint density at radius 1 is 1.17 bits per heavy atom. The van der Waals surface area contributed by atoms with E-state index in [2.05, 4.69) is 17.4 Å². The van der Waals surface area contributed by atoms with E-state index in [0.29, 0.717) is 12.6 Å². The summed E-state index contributed by atoms with van der Waals surface area (Å²) in [5, 5.41) is 3.26. The van der Waals surface area contributed by atoms with Crippen LogP contribution < -0.4 is 20.5 Å². The highest BCUT2D eigenvalue weighted by Crippen LogP contribution is 2.59. The molecule has 0 aliphatic heterocycles. The van der Waals surface area contributed by atoms with Gasteiger partial charge in [0, 0.05) is 12.6 Å². The molecule has 4 rings (SSSR count). The van der Waals surface area contributed by atoms with E-state index in [1.54, 1.807) is 7.11 Å². The molecule has 0 aromatic heterocycles. The van der Waals surface area contributed by atoms with E-state index in [1.165, 1.54) is 32.1 Å². The van der Waals surface area contributed by atoms with Crippen LogP contribution in [0.3, 0.4) is 0 Å². The topological polar surface area (TPSA) is 56.5 Å². The number of ether oxygens (including phenoxy) is 2. The number of rotatable bonds is 6. The quantitative estimate of drug-likeness (QED) is 0.841. The van der Waals surface area contributed by atoms with Gasteiger partial charge in [0.2, 0.25) is 0 Å². The first-order valence-electron chi connectivity index (χ1n) is 9.47. The lowest BCUT2D eigenvalue weighted by Gasteiger charge is -2.32. The first kappa shape index (κ1) is 16.2. The van der Waals surface area contributed by atoms with E-state index in [1.807, 2.05) is 13.1 Å². The van der Waals surface area contributed by atoms with E-state index < -0.39 is 0 Å². The van der Waals surface area contributed by atoms with Gasteiger partial charge in [-0.05, 0) is 74.1 Å². The second kappa shape index (κ2) is 6.57. The first-order chi connectivity index (χ1) is 11.7. The van der Waals surface area contributed by atoms with Gasteiger partial charge in [0.15, 0.2) is 11.5 Å². The third kappa shape index (κ3) is 2.60. The largest absolute Gasteiger partial charge is 0.493 e. The summed E-state index contributed by atoms with van der Waals surface area (Å²) in [5.41, 5.74) is 7.04. The maximum absolute atomic E-state index is 6.53. The van der Waals surface area contributed by atoms with Crippen molar-refractivity contribution in [3.8, 4) is 11.5 Å². The average molecular weight is 330 g/mol. The number of hydrogen-bond acceptors (Lipinski definition) is 4. The molecule has 0 heterocycles. The summed E-state index contributed by atoms with van der Waals surface area (Å²) < 4.78 is 12.1. The zero-order valence-corrected chi connectivity index (χ0v) is 14.8. The number of methoxy groups -OCH3 is 1. The van der Waals surface area contributed by atoms with Crippen LogP contribution >= 0.6 is 0 Å². The van der Waals surface area contributed by atoms with Gasteiger partial charge in [0.25, 0.3) is 0 Å². The van der Waals surface area contributed by atoms with Crippen LogP contribution in [0.5, 0.6) is 11.5 Å². The molecule has 0 amide bonds. The van der Waals surface area contributed by atoms with Crippen molar-refractivity contribution in [2.75, 3.05) is 20.7 Å². The van der Waals surface area contributed by atoms with E-state index in [9.17, 15) is 0 Å². The molecule has 3 saturated carbocycles. The Bertz CT molecular complexity index is 587. The molecule has 132 valence electrons. The third-order valence-electron chi connectivity index (χ3n) is 6.82. The van der Waals surface area contributed by atoms with Crippen LogP contribution in [-0.4, -0.2) is 26.8 Å². The van der Waals surface area contributed by atoms with Crippen LogP contribution in [0.4, 0.5) is 0 Å². The Kier molecular flexibility index (Phi) is 4.44. The normalized spacial score (nSPS) is 35.0. The van der Waals surface area contributed by atoms with Gasteiger partial charge in [-0.1, -0.05) is 12.5 Å². The van der Waals surface area contributed by atoms with Gasteiger partial charge in [-0.15, -0.1) is 0 Å². The molecule has 3 N–H and O–H groups in total. The molecule has 0 spiro atoms. The van der Waals surface area contributed by atoms with Crippen LogP contribution in [0, 0.1) is 23.7 Å². The molecular weight excluding hydrogens is 300 g/mol. The minimum Gasteiger partial charge on any atom is -0.493 e. The number of likely N-dealkylation sites (N-methyl/N-ethyl adjacent to an activating group) is 1. The Balaban J connectivity index is 1.54. The molecule has 3 aliphatic carbocycles. The van der Waals surface area contributed by atoms with Crippen molar-refractivity contribution in [1.29, 1.82) is 0 Å². The molecule has 6 unspecified atom stereocenters. The van der Waals surface area contributed by atoms with E-state index >= 15 is 0 Å². The monoisotopic (exact) mass is 330 g/mol. The Hall–Kier alpha value is -1.26. The molecule has 6 atom stereocenters. The lowest BCUT2D eigenvalue weighted by Crippen LogP contribution is -2.32. The third-order valence-corrected chi connectivity index (χ3v) is 6.82. The van der Waals surface area contributed by atoms with Gasteiger partial charge in [-0.25, -0.2) is 0 Å². The van der Waals surface area contributed by atoms with Crippen LogP contribution in [0.25, 0.3) is 0 Å². The molecule has 3 aliphatic rings. The maximum Gasteiger partial charge on any atom is 0.161 e. The first-order valence-corrected chi connectivity index (χ1v) is 9.47. The molecule has 1 aromatic carbocycles. The molecule has 24 heavy (non-hydrogen) atoms. The van der Waals surface area contributed by atoms with Crippen LogP contribution in [0.1, 0.15) is 43.7 Å². The van der Waals surface area contributed by atoms with Crippen molar-refractivity contribution in [2.45, 2.75) is 44.2 Å². The number of fused-ring (bicyclic) bond motifs is 5. The summed E-state index contributed by atoms with van der Waals surface area (Å²) in [5.74, 6) is 5.28. The van der Waals surface area contributed by atoms with Gasteiger partial charge >= 0.3 is 0 Å². The second-order valence-corrected chi connectivity index (χ2v) is 7.80. The Morgan fingerprint density at radius 2 is 2.00 bits per heavy atom. The molecule has 4 nitrogen and oxygen atoms in total. The highest BCUT2D eigenvalue weighted by molar-refractivity contribution is 5.44. The van der Waals surface area contributed by atoms with Gasteiger partial charge in [-0.2, -0.15) is 0 Å². The zero-order chi connectivity index (χ0) is 16.7. The van der Waals surface area contributed by atoms with Crippen LogP contribution in [0.2, 0.25) is 0 Å². The SMILES string of the molecule is CNC(CN)c1ccc(OC)c(OC2CC3CC2C2CCCC32)c1. The molecular formula is C20H30N2O2. The standard InChI is InChI=1S/C20H30N2O2/c1-22-17(11-21)12-6-7-18(23-2)20(9-12)24-19-10-13-8-16(19)15-5-3-4-14(13)15/h6-7,9,13-17,19,22H,3-5,8,10-11,21H2,1-2H3. The van der Waals surface area contributed by atoms with Crippen molar-refractivity contribution in [3.05, 3.63) is 23.8 Å². The number of nitrogens with two attached hydrogens (primary N) is 1. The minimum absolute atomic E-state index is 0.150. The summed E-state index contributed by atoms with van der Waals surface area (Å²) >= 11 is 0. The summed E-state index contributed by atoms with van der Waals surface area (Å²) in [4.78, 5) is 0. The number of hydrogen-bond donors (Lipinski definition) is 2. The Labute approximate surface area is 145 Å². The van der Waals surface area contributed by atoms with Gasteiger partial charge in [0.05, 0.1) is 7.11 Å². The molecule has 4 heteroatoms. The Morgan fingerprint density at radius 3 is 2.75 bits per heavy atom. The predicted octanol–water partition coefficient (Wildman–Crippen LogP) is 3.12. The van der Waals surface area contributed by atoms with E-state index in [0.717, 1.165) is 40.7 Å².